The third kappa shape index (κ3) is 6.47. The lowest BCUT2D eigenvalue weighted by Gasteiger charge is -2.26. The van der Waals surface area contributed by atoms with Crippen molar-refractivity contribution in [1.29, 1.82) is 0 Å². The number of halogens is 3. The second-order valence-corrected chi connectivity index (χ2v) is 9.04. The van der Waals surface area contributed by atoms with Gasteiger partial charge in [0.25, 0.3) is 5.91 Å². The molecule has 1 saturated heterocycles. The minimum Gasteiger partial charge on any atom is -0.457 e. The summed E-state index contributed by atoms with van der Waals surface area (Å²) in [5, 5.41) is 5.83. The van der Waals surface area contributed by atoms with Gasteiger partial charge in [0.2, 0.25) is 5.95 Å². The summed E-state index contributed by atoms with van der Waals surface area (Å²) in [4.78, 5) is 23.5. The van der Waals surface area contributed by atoms with Crippen molar-refractivity contribution in [3.63, 3.8) is 0 Å². The minimum absolute atomic E-state index is 0.237. The third-order valence-electron chi connectivity index (χ3n) is 6.32. The lowest BCUT2D eigenvalue weighted by molar-refractivity contribution is -0.137. The maximum Gasteiger partial charge on any atom is 0.416 e. The quantitative estimate of drug-likeness (QED) is 0.338. The van der Waals surface area contributed by atoms with Crippen molar-refractivity contribution in [3.05, 3.63) is 72.1 Å². The number of morpholine rings is 1. The Labute approximate surface area is 222 Å². The summed E-state index contributed by atoms with van der Waals surface area (Å²) in [5.74, 6) is 0.998. The zero-order valence-corrected chi connectivity index (χ0v) is 21.2. The van der Waals surface area contributed by atoms with E-state index in [-0.39, 0.29) is 17.3 Å². The van der Waals surface area contributed by atoms with Gasteiger partial charge in [-0.15, -0.1) is 0 Å². The van der Waals surface area contributed by atoms with Crippen molar-refractivity contribution in [2.24, 2.45) is 7.05 Å². The van der Waals surface area contributed by atoms with Crippen molar-refractivity contribution < 1.29 is 27.4 Å². The molecular formula is C27H27F3N6O3. The Hall–Kier alpha value is -4.16. The average molecular weight is 541 g/mol. The number of alkyl halides is 3. The molecule has 1 fully saturated rings. The van der Waals surface area contributed by atoms with Gasteiger partial charge in [-0.1, -0.05) is 6.07 Å². The lowest BCUT2D eigenvalue weighted by atomic mass is 10.2. The van der Waals surface area contributed by atoms with E-state index in [2.05, 4.69) is 25.5 Å². The molecule has 0 unspecified atom stereocenters. The minimum atomic E-state index is -4.44. The Morgan fingerprint density at radius 1 is 1.08 bits per heavy atom. The summed E-state index contributed by atoms with van der Waals surface area (Å²) in [6.07, 6.45) is -2.94. The number of hydrogen-bond acceptors (Lipinski definition) is 7. The van der Waals surface area contributed by atoms with Crippen LogP contribution < -0.4 is 15.4 Å². The molecule has 3 heterocycles. The Balaban J connectivity index is 1.25. The summed E-state index contributed by atoms with van der Waals surface area (Å²) in [5.41, 5.74) is 1.10. The number of nitrogens with one attached hydrogen (secondary N) is 2. The number of rotatable bonds is 8. The molecule has 1 aliphatic heterocycles. The van der Waals surface area contributed by atoms with E-state index < -0.39 is 11.7 Å². The molecule has 1 aliphatic rings. The van der Waals surface area contributed by atoms with Crippen LogP contribution >= 0.6 is 0 Å². The molecule has 12 heteroatoms. The van der Waals surface area contributed by atoms with Crippen molar-refractivity contribution in [2.45, 2.75) is 6.18 Å². The summed E-state index contributed by atoms with van der Waals surface area (Å²) in [7, 11) is 1.76. The number of pyridine rings is 1. The van der Waals surface area contributed by atoms with Crippen LogP contribution in [0.5, 0.6) is 11.5 Å². The van der Waals surface area contributed by atoms with Crippen LogP contribution in [0.25, 0.3) is 11.0 Å². The van der Waals surface area contributed by atoms with E-state index in [1.165, 1.54) is 12.3 Å². The first-order valence-corrected chi connectivity index (χ1v) is 12.4. The third-order valence-corrected chi connectivity index (χ3v) is 6.32. The normalized spacial score (nSPS) is 14.4. The second-order valence-electron chi connectivity index (χ2n) is 9.04. The number of anilines is 2. The number of ether oxygens (including phenoxy) is 2. The number of imidazole rings is 1. The number of carbonyl (C=O) groups excluding carboxylic acids is 1. The standard InChI is InChI=1S/C27H27F3N6O3/c1-35-24-6-5-20(16-22(24)34-26(35)33-19-4-2-3-18(15-19)27(28,29)30)39-21-7-8-31-23(17-21)25(37)32-9-10-36-11-13-38-14-12-36/h2-8,15-17H,9-14H2,1H3,(H,32,37)(H,33,34). The van der Waals surface area contributed by atoms with Gasteiger partial charge in [-0.3, -0.25) is 14.7 Å². The molecule has 0 saturated carbocycles. The summed E-state index contributed by atoms with van der Waals surface area (Å²) >= 11 is 0. The highest BCUT2D eigenvalue weighted by molar-refractivity contribution is 5.92. The molecule has 0 radical (unpaired) electrons. The van der Waals surface area contributed by atoms with Gasteiger partial charge in [0.15, 0.2) is 0 Å². The molecule has 0 bridgehead atoms. The molecule has 1 amide bonds. The number of hydrogen-bond donors (Lipinski definition) is 2. The SMILES string of the molecule is Cn1c(Nc2cccc(C(F)(F)F)c2)nc2cc(Oc3ccnc(C(=O)NCCN4CCOCC4)c3)ccc21. The molecule has 4 aromatic rings. The van der Waals surface area contributed by atoms with Gasteiger partial charge >= 0.3 is 6.18 Å². The molecule has 9 nitrogen and oxygen atoms in total. The van der Waals surface area contributed by atoms with E-state index in [1.807, 2.05) is 0 Å². The van der Waals surface area contributed by atoms with Crippen LogP contribution in [0.2, 0.25) is 0 Å². The van der Waals surface area contributed by atoms with Crippen molar-refractivity contribution >= 4 is 28.6 Å². The highest BCUT2D eigenvalue weighted by Crippen LogP contribution is 2.32. The van der Waals surface area contributed by atoms with Gasteiger partial charge in [-0.25, -0.2) is 4.98 Å². The van der Waals surface area contributed by atoms with Crippen LogP contribution in [0.3, 0.4) is 0 Å². The van der Waals surface area contributed by atoms with Crippen LogP contribution in [0, 0.1) is 0 Å². The number of nitrogens with zero attached hydrogens (tertiary/aromatic N) is 4. The first-order chi connectivity index (χ1) is 18.8. The van der Waals surface area contributed by atoms with E-state index >= 15 is 0 Å². The molecule has 204 valence electrons. The van der Waals surface area contributed by atoms with Crippen LogP contribution in [0.4, 0.5) is 24.8 Å². The number of benzene rings is 2. The zero-order valence-electron chi connectivity index (χ0n) is 21.2. The Morgan fingerprint density at radius 2 is 1.87 bits per heavy atom. The molecule has 2 aromatic carbocycles. The van der Waals surface area contributed by atoms with Gasteiger partial charge in [0.05, 0.1) is 29.8 Å². The highest BCUT2D eigenvalue weighted by atomic mass is 19.4. The van der Waals surface area contributed by atoms with Gasteiger partial charge in [-0.2, -0.15) is 13.2 Å². The fraction of sp³-hybridized carbons (Fsp3) is 0.296. The number of carbonyl (C=O) groups is 1. The topological polar surface area (TPSA) is 93.5 Å². The Kier molecular flexibility index (Phi) is 7.66. The monoisotopic (exact) mass is 540 g/mol. The molecule has 2 aromatic heterocycles. The summed E-state index contributed by atoms with van der Waals surface area (Å²) in [6, 6.07) is 13.4. The first kappa shape index (κ1) is 26.4. The number of aromatic nitrogens is 3. The van der Waals surface area contributed by atoms with E-state index in [1.54, 1.807) is 48.0 Å². The Bertz CT molecular complexity index is 1470. The van der Waals surface area contributed by atoms with Crippen LogP contribution in [0.15, 0.2) is 60.8 Å². The van der Waals surface area contributed by atoms with Crippen LogP contribution in [-0.2, 0) is 18.0 Å². The van der Waals surface area contributed by atoms with Gasteiger partial charge in [0.1, 0.15) is 17.2 Å². The molecule has 2 N–H and O–H groups in total. The number of amides is 1. The van der Waals surface area contributed by atoms with Crippen molar-refractivity contribution in [1.82, 2.24) is 24.8 Å². The van der Waals surface area contributed by atoms with Gasteiger partial charge in [0, 0.05) is 57.2 Å². The fourth-order valence-corrected chi connectivity index (χ4v) is 4.24. The van der Waals surface area contributed by atoms with E-state index in [9.17, 15) is 18.0 Å². The van der Waals surface area contributed by atoms with Crippen molar-refractivity contribution in [3.8, 4) is 11.5 Å². The second kappa shape index (κ2) is 11.3. The summed E-state index contributed by atoms with van der Waals surface area (Å²) in [6.45, 7) is 4.33. The molecular weight excluding hydrogens is 513 g/mol. The van der Waals surface area contributed by atoms with E-state index in [0.29, 0.717) is 42.7 Å². The zero-order chi connectivity index (χ0) is 27.4. The lowest BCUT2D eigenvalue weighted by Crippen LogP contribution is -2.41. The van der Waals surface area contributed by atoms with Gasteiger partial charge < -0.3 is 24.7 Å². The van der Waals surface area contributed by atoms with Crippen molar-refractivity contribution in [2.75, 3.05) is 44.7 Å². The summed E-state index contributed by atoms with van der Waals surface area (Å²) < 4.78 is 52.3. The maximum atomic E-state index is 13.1. The first-order valence-electron chi connectivity index (χ1n) is 12.4. The predicted octanol–water partition coefficient (Wildman–Crippen LogP) is 4.59. The molecule has 0 aliphatic carbocycles. The van der Waals surface area contributed by atoms with E-state index in [4.69, 9.17) is 9.47 Å². The molecule has 39 heavy (non-hydrogen) atoms. The highest BCUT2D eigenvalue weighted by Gasteiger charge is 2.30. The molecule has 0 spiro atoms. The number of fused-ring (bicyclic) bond motifs is 1. The fourth-order valence-electron chi connectivity index (χ4n) is 4.24. The predicted molar refractivity (Wildman–Crippen MR) is 139 cm³/mol. The van der Waals surface area contributed by atoms with E-state index in [0.717, 1.165) is 37.3 Å². The van der Waals surface area contributed by atoms with Gasteiger partial charge in [-0.05, 0) is 36.4 Å². The molecule has 5 rings (SSSR count). The Morgan fingerprint density at radius 3 is 2.67 bits per heavy atom. The molecule has 0 atom stereocenters. The average Bonchev–Trinajstić information content (AvgIpc) is 3.23. The number of aryl methyl sites for hydroxylation is 1. The largest absolute Gasteiger partial charge is 0.457 e. The maximum absolute atomic E-state index is 13.1. The van der Waals surface area contributed by atoms with Crippen LogP contribution in [0.1, 0.15) is 16.1 Å². The van der Waals surface area contributed by atoms with Crippen LogP contribution in [-0.4, -0.2) is 64.7 Å². The smallest absolute Gasteiger partial charge is 0.416 e.